The Balaban J connectivity index is 2.04. The first kappa shape index (κ1) is 14.0. The highest BCUT2D eigenvalue weighted by Crippen LogP contribution is 2.27. The lowest BCUT2D eigenvalue weighted by Gasteiger charge is -2.04. The van der Waals surface area contributed by atoms with Gasteiger partial charge in [-0.25, -0.2) is 4.79 Å². The predicted octanol–water partition coefficient (Wildman–Crippen LogP) is 4.76. The number of H-pyrrole nitrogens is 1. The molecule has 0 aliphatic rings. The molecule has 0 fully saturated rings. The summed E-state index contributed by atoms with van der Waals surface area (Å²) in [7, 11) is 0. The third-order valence-electron chi connectivity index (χ3n) is 3.41. The second-order valence-electron chi connectivity index (χ2n) is 4.79. The minimum Gasteiger partial charge on any atom is -0.478 e. The highest BCUT2D eigenvalue weighted by Gasteiger charge is 2.10. The first-order chi connectivity index (χ1) is 10.0. The lowest BCUT2D eigenvalue weighted by Crippen LogP contribution is -1.95. The molecule has 0 radical (unpaired) electrons. The quantitative estimate of drug-likeness (QED) is 0.731. The minimum absolute atomic E-state index is 0.269. The van der Waals surface area contributed by atoms with E-state index in [0.717, 1.165) is 22.0 Å². The molecule has 0 aliphatic carbocycles. The van der Waals surface area contributed by atoms with Crippen molar-refractivity contribution in [1.82, 2.24) is 4.98 Å². The monoisotopic (exact) mass is 319 g/mol. The van der Waals surface area contributed by atoms with Gasteiger partial charge in [0, 0.05) is 33.6 Å². The summed E-state index contributed by atoms with van der Waals surface area (Å²) in [6, 6.07) is 10.4. The van der Waals surface area contributed by atoms with E-state index in [1.54, 1.807) is 30.3 Å². The van der Waals surface area contributed by atoms with E-state index in [1.807, 2.05) is 12.3 Å². The van der Waals surface area contributed by atoms with Crippen molar-refractivity contribution in [2.45, 2.75) is 6.42 Å². The van der Waals surface area contributed by atoms with Gasteiger partial charge in [-0.1, -0.05) is 29.3 Å². The van der Waals surface area contributed by atoms with Crippen molar-refractivity contribution < 1.29 is 9.90 Å². The van der Waals surface area contributed by atoms with E-state index in [2.05, 4.69) is 4.98 Å². The summed E-state index contributed by atoms with van der Waals surface area (Å²) in [5, 5.41) is 11.2. The molecule has 2 N–H and O–H groups in total. The molecule has 3 nitrogen and oxygen atoms in total. The minimum atomic E-state index is -0.937. The Morgan fingerprint density at radius 2 is 1.90 bits per heavy atom. The molecule has 0 saturated heterocycles. The lowest BCUT2D eigenvalue weighted by atomic mass is 10.0. The molecule has 21 heavy (non-hydrogen) atoms. The number of carboxylic acid groups (broad SMARTS) is 1. The normalized spacial score (nSPS) is 11.0. The van der Waals surface area contributed by atoms with E-state index in [1.165, 1.54) is 0 Å². The predicted molar refractivity (Wildman–Crippen MR) is 84.5 cm³/mol. The highest BCUT2D eigenvalue weighted by molar-refractivity contribution is 6.35. The van der Waals surface area contributed by atoms with E-state index in [-0.39, 0.29) is 5.56 Å². The zero-order valence-corrected chi connectivity index (χ0v) is 12.4. The molecule has 0 atom stereocenters. The smallest absolute Gasteiger partial charge is 0.335 e. The van der Waals surface area contributed by atoms with Gasteiger partial charge in [-0.2, -0.15) is 0 Å². The molecular weight excluding hydrogens is 309 g/mol. The van der Waals surface area contributed by atoms with Crippen LogP contribution >= 0.6 is 23.2 Å². The van der Waals surface area contributed by atoms with Crippen molar-refractivity contribution in [3.8, 4) is 0 Å². The third kappa shape index (κ3) is 2.75. The Bertz CT molecular complexity index is 839. The molecular formula is C16H11Cl2NO2. The van der Waals surface area contributed by atoms with Gasteiger partial charge in [0.05, 0.1) is 5.56 Å². The number of aromatic carboxylic acids is 1. The third-order valence-corrected chi connectivity index (χ3v) is 4.00. The standard InChI is InChI=1S/C16H11Cl2NO2/c17-12-3-1-9(14(18)7-12)5-11-8-19-15-4-2-10(16(20)21)6-13(11)15/h1-4,6-8,19H,5H2,(H,20,21). The van der Waals surface area contributed by atoms with Crippen LogP contribution in [0.25, 0.3) is 10.9 Å². The first-order valence-corrected chi connectivity index (χ1v) is 7.07. The van der Waals surface area contributed by atoms with Gasteiger partial charge in [0.15, 0.2) is 0 Å². The van der Waals surface area contributed by atoms with Gasteiger partial charge in [-0.15, -0.1) is 0 Å². The Morgan fingerprint density at radius 1 is 1.10 bits per heavy atom. The van der Waals surface area contributed by atoms with Crippen molar-refractivity contribution in [2.75, 3.05) is 0 Å². The van der Waals surface area contributed by atoms with Crippen molar-refractivity contribution in [2.24, 2.45) is 0 Å². The molecule has 0 spiro atoms. The van der Waals surface area contributed by atoms with E-state index in [9.17, 15) is 4.79 Å². The van der Waals surface area contributed by atoms with Crippen LogP contribution < -0.4 is 0 Å². The van der Waals surface area contributed by atoms with Crippen LogP contribution in [-0.2, 0) is 6.42 Å². The number of carbonyl (C=O) groups is 1. The van der Waals surface area contributed by atoms with Gasteiger partial charge in [-0.05, 0) is 41.5 Å². The zero-order chi connectivity index (χ0) is 15.0. The van der Waals surface area contributed by atoms with Gasteiger partial charge >= 0.3 is 5.97 Å². The Morgan fingerprint density at radius 3 is 2.62 bits per heavy atom. The van der Waals surface area contributed by atoms with E-state index in [4.69, 9.17) is 28.3 Å². The second kappa shape index (κ2) is 5.43. The number of aromatic nitrogens is 1. The summed E-state index contributed by atoms with van der Waals surface area (Å²) in [4.78, 5) is 14.2. The number of halogens is 2. The molecule has 0 saturated carbocycles. The second-order valence-corrected chi connectivity index (χ2v) is 5.64. The lowest BCUT2D eigenvalue weighted by molar-refractivity contribution is 0.0697. The van der Waals surface area contributed by atoms with Crippen molar-refractivity contribution in [3.05, 3.63) is 69.3 Å². The molecule has 2 aromatic carbocycles. The van der Waals surface area contributed by atoms with Crippen LogP contribution in [0.4, 0.5) is 0 Å². The van der Waals surface area contributed by atoms with Gasteiger partial charge < -0.3 is 10.1 Å². The molecule has 0 aliphatic heterocycles. The average Bonchev–Trinajstić information content (AvgIpc) is 2.84. The van der Waals surface area contributed by atoms with E-state index in [0.29, 0.717) is 16.5 Å². The van der Waals surface area contributed by atoms with Crippen molar-refractivity contribution >= 4 is 40.1 Å². The van der Waals surface area contributed by atoms with Gasteiger partial charge in [0.2, 0.25) is 0 Å². The molecule has 1 aromatic heterocycles. The Hall–Kier alpha value is -1.97. The summed E-state index contributed by atoms with van der Waals surface area (Å²) in [6.07, 6.45) is 2.49. The van der Waals surface area contributed by atoms with Crippen LogP contribution in [0.3, 0.4) is 0 Å². The van der Waals surface area contributed by atoms with Crippen LogP contribution in [0, 0.1) is 0 Å². The SMILES string of the molecule is O=C(O)c1ccc2[nH]cc(Cc3ccc(Cl)cc3Cl)c2c1. The molecule has 1 heterocycles. The number of aromatic amines is 1. The average molecular weight is 320 g/mol. The van der Waals surface area contributed by atoms with Gasteiger partial charge in [0.1, 0.15) is 0 Å². The van der Waals surface area contributed by atoms with Gasteiger partial charge in [0.25, 0.3) is 0 Å². The topological polar surface area (TPSA) is 53.1 Å². The van der Waals surface area contributed by atoms with Crippen LogP contribution in [0.2, 0.25) is 10.0 Å². The number of hydrogen-bond acceptors (Lipinski definition) is 1. The van der Waals surface area contributed by atoms with Crippen LogP contribution in [-0.4, -0.2) is 16.1 Å². The maximum absolute atomic E-state index is 11.1. The molecule has 3 aromatic rings. The van der Waals surface area contributed by atoms with E-state index >= 15 is 0 Å². The van der Waals surface area contributed by atoms with Crippen molar-refractivity contribution in [3.63, 3.8) is 0 Å². The number of fused-ring (bicyclic) bond motifs is 1. The number of benzene rings is 2. The number of rotatable bonds is 3. The fourth-order valence-corrected chi connectivity index (χ4v) is 2.80. The highest BCUT2D eigenvalue weighted by atomic mass is 35.5. The fourth-order valence-electron chi connectivity index (χ4n) is 2.33. The maximum Gasteiger partial charge on any atom is 0.335 e. The summed E-state index contributed by atoms with van der Waals surface area (Å²) >= 11 is 12.1. The van der Waals surface area contributed by atoms with Crippen LogP contribution in [0.5, 0.6) is 0 Å². The first-order valence-electron chi connectivity index (χ1n) is 6.32. The van der Waals surface area contributed by atoms with Crippen LogP contribution in [0.1, 0.15) is 21.5 Å². The maximum atomic E-state index is 11.1. The molecule has 0 unspecified atom stereocenters. The Labute approximate surface area is 131 Å². The molecule has 3 rings (SSSR count). The molecule has 0 bridgehead atoms. The van der Waals surface area contributed by atoms with Crippen molar-refractivity contribution in [1.29, 1.82) is 0 Å². The number of nitrogens with one attached hydrogen (secondary N) is 1. The molecule has 0 amide bonds. The number of hydrogen-bond donors (Lipinski definition) is 2. The largest absolute Gasteiger partial charge is 0.478 e. The van der Waals surface area contributed by atoms with Crippen LogP contribution in [0.15, 0.2) is 42.6 Å². The fraction of sp³-hybridized carbons (Fsp3) is 0.0625. The van der Waals surface area contributed by atoms with E-state index < -0.39 is 5.97 Å². The summed E-state index contributed by atoms with van der Waals surface area (Å²) in [5.74, 6) is -0.937. The molecule has 106 valence electrons. The summed E-state index contributed by atoms with van der Waals surface area (Å²) < 4.78 is 0. The number of carboxylic acids is 1. The summed E-state index contributed by atoms with van der Waals surface area (Å²) in [6.45, 7) is 0. The Kier molecular flexibility index (Phi) is 3.62. The zero-order valence-electron chi connectivity index (χ0n) is 10.9. The summed E-state index contributed by atoms with van der Waals surface area (Å²) in [5.41, 5.74) is 3.12. The molecule has 5 heteroatoms. The van der Waals surface area contributed by atoms with Gasteiger partial charge in [-0.3, -0.25) is 0 Å².